The molecule has 0 aliphatic carbocycles. The molecule has 0 saturated carbocycles. The van der Waals surface area contributed by atoms with Gasteiger partial charge in [0.15, 0.2) is 0 Å². The van der Waals surface area contributed by atoms with Crippen LogP contribution in [-0.2, 0) is 22.9 Å². The molecule has 0 bridgehead atoms. The Morgan fingerprint density at radius 2 is 1.92 bits per heavy atom. The first-order valence-corrected chi connectivity index (χ1v) is 9.99. The zero-order valence-corrected chi connectivity index (χ0v) is 15.4. The molecule has 2 aromatic rings. The average molecular weight is 360 g/mol. The number of sulfonamides is 1. The second kappa shape index (κ2) is 7.15. The third kappa shape index (κ3) is 3.86. The topological polar surface area (TPSA) is 69.6 Å². The van der Waals surface area contributed by atoms with E-state index in [2.05, 4.69) is 9.62 Å². The minimum atomic E-state index is -3.63. The first kappa shape index (κ1) is 17.9. The maximum atomic E-state index is 12.4. The van der Waals surface area contributed by atoms with Gasteiger partial charge in [0.05, 0.1) is 11.0 Å². The van der Waals surface area contributed by atoms with E-state index in [0.717, 1.165) is 30.5 Å². The smallest absolute Gasteiger partial charge is 0.240 e. The molecule has 0 saturated heterocycles. The van der Waals surface area contributed by atoms with E-state index in [-0.39, 0.29) is 11.4 Å². The van der Waals surface area contributed by atoms with Gasteiger partial charge in [-0.25, -0.2) is 13.1 Å². The van der Waals surface area contributed by atoms with E-state index in [4.69, 9.17) is 0 Å². The van der Waals surface area contributed by atoms with Gasteiger partial charge >= 0.3 is 0 Å². The van der Waals surface area contributed by atoms with Crippen LogP contribution in [0.3, 0.4) is 0 Å². The summed E-state index contributed by atoms with van der Waals surface area (Å²) in [6.45, 7) is 2.94. The van der Waals surface area contributed by atoms with E-state index in [1.807, 2.05) is 44.3 Å². The maximum absolute atomic E-state index is 12.4. The SMILES string of the molecule is CCc1ccc(S(=O)(=O)NCC(O)c2ccc3c(c2)CCN3C)cc1. The van der Waals surface area contributed by atoms with E-state index in [1.165, 1.54) is 11.3 Å². The first-order chi connectivity index (χ1) is 11.9. The fraction of sp³-hybridized carbons (Fsp3) is 0.368. The average Bonchev–Trinajstić information content (AvgIpc) is 3.00. The molecule has 0 aromatic heterocycles. The molecule has 0 spiro atoms. The van der Waals surface area contributed by atoms with Crippen LogP contribution in [0.15, 0.2) is 47.4 Å². The van der Waals surface area contributed by atoms with Gasteiger partial charge in [0, 0.05) is 25.8 Å². The van der Waals surface area contributed by atoms with Crippen molar-refractivity contribution in [3.8, 4) is 0 Å². The van der Waals surface area contributed by atoms with Crippen molar-refractivity contribution in [3.05, 3.63) is 59.2 Å². The number of hydrogen-bond acceptors (Lipinski definition) is 4. The zero-order chi connectivity index (χ0) is 18.0. The van der Waals surface area contributed by atoms with Gasteiger partial charge in [-0.3, -0.25) is 0 Å². The fourth-order valence-corrected chi connectivity index (χ4v) is 4.13. The third-order valence-corrected chi connectivity index (χ3v) is 6.16. The summed E-state index contributed by atoms with van der Waals surface area (Å²) in [5.41, 5.74) is 4.18. The monoisotopic (exact) mass is 360 g/mol. The molecule has 25 heavy (non-hydrogen) atoms. The molecule has 1 unspecified atom stereocenters. The number of nitrogens with zero attached hydrogens (tertiary/aromatic N) is 1. The molecule has 6 heteroatoms. The molecule has 1 aliphatic heterocycles. The Labute approximate surface area is 149 Å². The van der Waals surface area contributed by atoms with Gasteiger partial charge in [-0.1, -0.05) is 31.2 Å². The van der Waals surface area contributed by atoms with E-state index in [1.54, 1.807) is 12.1 Å². The summed E-state index contributed by atoms with van der Waals surface area (Å²) in [7, 11) is -1.59. The highest BCUT2D eigenvalue weighted by Gasteiger charge is 2.20. The number of rotatable bonds is 6. The van der Waals surface area contributed by atoms with Gasteiger partial charge in [-0.05, 0) is 47.7 Å². The quantitative estimate of drug-likeness (QED) is 0.829. The molecule has 5 nitrogen and oxygen atoms in total. The number of aliphatic hydroxyl groups is 1. The molecular weight excluding hydrogens is 336 g/mol. The normalized spacial score (nSPS) is 15.2. The van der Waals surface area contributed by atoms with Crippen molar-refractivity contribution < 1.29 is 13.5 Å². The highest BCUT2D eigenvalue weighted by molar-refractivity contribution is 7.89. The largest absolute Gasteiger partial charge is 0.387 e. The van der Waals surface area contributed by atoms with E-state index in [9.17, 15) is 13.5 Å². The van der Waals surface area contributed by atoms with Gasteiger partial charge in [0.1, 0.15) is 0 Å². The summed E-state index contributed by atoms with van der Waals surface area (Å²) in [5, 5.41) is 10.4. The fourth-order valence-electron chi connectivity index (χ4n) is 3.09. The van der Waals surface area contributed by atoms with Crippen molar-refractivity contribution in [2.45, 2.75) is 30.8 Å². The molecule has 3 rings (SSSR count). The number of nitrogens with one attached hydrogen (secondary N) is 1. The Bertz CT molecular complexity index is 847. The predicted molar refractivity (Wildman–Crippen MR) is 99.4 cm³/mol. The summed E-state index contributed by atoms with van der Waals surface area (Å²) in [5.74, 6) is 0. The molecule has 0 fully saturated rings. The summed E-state index contributed by atoms with van der Waals surface area (Å²) >= 11 is 0. The number of aryl methyl sites for hydroxylation is 1. The van der Waals surface area contributed by atoms with Gasteiger partial charge in [0.25, 0.3) is 0 Å². The van der Waals surface area contributed by atoms with Crippen LogP contribution in [0.25, 0.3) is 0 Å². The second-order valence-electron chi connectivity index (χ2n) is 6.42. The molecule has 1 atom stereocenters. The van der Waals surface area contributed by atoms with Crippen molar-refractivity contribution in [1.82, 2.24) is 4.72 Å². The van der Waals surface area contributed by atoms with Crippen LogP contribution in [0.2, 0.25) is 0 Å². The van der Waals surface area contributed by atoms with Crippen molar-refractivity contribution >= 4 is 15.7 Å². The van der Waals surface area contributed by atoms with Crippen LogP contribution in [-0.4, -0.2) is 33.7 Å². The number of aliphatic hydroxyl groups excluding tert-OH is 1. The minimum Gasteiger partial charge on any atom is -0.387 e. The number of fused-ring (bicyclic) bond motifs is 1. The van der Waals surface area contributed by atoms with Crippen LogP contribution in [0, 0.1) is 0 Å². The molecular formula is C19H24N2O3S. The Morgan fingerprint density at radius 1 is 1.20 bits per heavy atom. The number of benzene rings is 2. The minimum absolute atomic E-state index is 0.0491. The van der Waals surface area contributed by atoms with Gasteiger partial charge in [0.2, 0.25) is 10.0 Å². The summed E-state index contributed by atoms with van der Waals surface area (Å²) < 4.78 is 27.2. The predicted octanol–water partition coefficient (Wildman–Crippen LogP) is 2.25. The van der Waals surface area contributed by atoms with E-state index in [0.29, 0.717) is 0 Å². The Hall–Kier alpha value is -1.89. The van der Waals surface area contributed by atoms with Crippen molar-refractivity contribution in [2.75, 3.05) is 25.0 Å². The highest BCUT2D eigenvalue weighted by atomic mass is 32.2. The summed E-state index contributed by atoms with van der Waals surface area (Å²) in [4.78, 5) is 2.39. The summed E-state index contributed by atoms with van der Waals surface area (Å²) in [6.07, 6.45) is 0.933. The van der Waals surface area contributed by atoms with Crippen molar-refractivity contribution in [3.63, 3.8) is 0 Å². The molecule has 1 heterocycles. The lowest BCUT2D eigenvalue weighted by atomic mass is 10.0. The number of hydrogen-bond donors (Lipinski definition) is 2. The first-order valence-electron chi connectivity index (χ1n) is 8.51. The Balaban J connectivity index is 1.68. The summed E-state index contributed by atoms with van der Waals surface area (Å²) in [6, 6.07) is 12.6. The Morgan fingerprint density at radius 3 is 2.60 bits per heavy atom. The van der Waals surface area contributed by atoms with E-state index >= 15 is 0 Å². The van der Waals surface area contributed by atoms with Gasteiger partial charge < -0.3 is 10.0 Å². The lowest BCUT2D eigenvalue weighted by Crippen LogP contribution is -2.28. The molecule has 2 aromatic carbocycles. The van der Waals surface area contributed by atoms with Crippen LogP contribution >= 0.6 is 0 Å². The molecule has 2 N–H and O–H groups in total. The lowest BCUT2D eigenvalue weighted by molar-refractivity contribution is 0.182. The maximum Gasteiger partial charge on any atom is 0.240 e. The van der Waals surface area contributed by atoms with Crippen molar-refractivity contribution in [1.29, 1.82) is 0 Å². The molecule has 0 amide bonds. The standard InChI is InChI=1S/C19H24N2O3S/c1-3-14-4-7-17(8-5-14)25(23,24)20-13-19(22)16-6-9-18-15(12-16)10-11-21(18)2/h4-9,12,19-20,22H,3,10-11,13H2,1-2H3. The highest BCUT2D eigenvalue weighted by Crippen LogP contribution is 2.29. The lowest BCUT2D eigenvalue weighted by Gasteiger charge is -2.16. The zero-order valence-electron chi connectivity index (χ0n) is 14.6. The van der Waals surface area contributed by atoms with Crippen LogP contribution < -0.4 is 9.62 Å². The van der Waals surface area contributed by atoms with Gasteiger partial charge in [-0.15, -0.1) is 0 Å². The molecule has 1 aliphatic rings. The van der Waals surface area contributed by atoms with E-state index < -0.39 is 16.1 Å². The Kier molecular flexibility index (Phi) is 5.13. The van der Waals surface area contributed by atoms with Crippen molar-refractivity contribution in [2.24, 2.45) is 0 Å². The third-order valence-electron chi connectivity index (χ3n) is 4.72. The molecule has 0 radical (unpaired) electrons. The number of anilines is 1. The second-order valence-corrected chi connectivity index (χ2v) is 8.19. The number of likely N-dealkylation sites (N-methyl/N-ethyl adjacent to an activating group) is 1. The van der Waals surface area contributed by atoms with Crippen LogP contribution in [0.1, 0.15) is 29.7 Å². The molecule has 134 valence electrons. The van der Waals surface area contributed by atoms with Crippen LogP contribution in [0.5, 0.6) is 0 Å². The van der Waals surface area contributed by atoms with Gasteiger partial charge in [-0.2, -0.15) is 0 Å². The van der Waals surface area contributed by atoms with Crippen LogP contribution in [0.4, 0.5) is 5.69 Å².